The lowest BCUT2D eigenvalue weighted by Gasteiger charge is -2.06. The Balaban J connectivity index is 1.61. The Kier molecular flexibility index (Phi) is 4.85. The molecule has 140 valence electrons. The van der Waals surface area contributed by atoms with Gasteiger partial charge >= 0.3 is 0 Å². The Hall–Kier alpha value is -3.54. The lowest BCUT2D eigenvalue weighted by Crippen LogP contribution is -2.23. The topological polar surface area (TPSA) is 73.8 Å². The lowest BCUT2D eigenvalue weighted by atomic mass is 10.1. The van der Waals surface area contributed by atoms with E-state index in [4.69, 9.17) is 4.52 Å². The molecule has 6 nitrogen and oxygen atoms in total. The zero-order chi connectivity index (χ0) is 19.5. The molecule has 0 aliphatic rings. The van der Waals surface area contributed by atoms with Crippen molar-refractivity contribution in [3.63, 3.8) is 0 Å². The molecule has 0 atom stereocenters. The Labute approximate surface area is 162 Å². The summed E-state index contributed by atoms with van der Waals surface area (Å²) >= 11 is 0. The van der Waals surface area contributed by atoms with Crippen LogP contribution in [0.2, 0.25) is 0 Å². The molecule has 0 radical (unpaired) electrons. The van der Waals surface area contributed by atoms with Crippen LogP contribution in [0.25, 0.3) is 22.6 Å². The van der Waals surface area contributed by atoms with Crippen LogP contribution in [0, 0.1) is 6.92 Å². The van der Waals surface area contributed by atoms with Gasteiger partial charge in [0.25, 0.3) is 5.56 Å². The minimum Gasteiger partial charge on any atom is -0.337 e. The first-order valence-electron chi connectivity index (χ1n) is 9.20. The summed E-state index contributed by atoms with van der Waals surface area (Å²) in [5.41, 5.74) is 4.68. The van der Waals surface area contributed by atoms with E-state index in [2.05, 4.69) is 34.3 Å². The summed E-state index contributed by atoms with van der Waals surface area (Å²) < 4.78 is 6.69. The zero-order valence-corrected chi connectivity index (χ0v) is 15.8. The van der Waals surface area contributed by atoms with Crippen molar-refractivity contribution >= 4 is 0 Å². The van der Waals surface area contributed by atoms with Crippen LogP contribution < -0.4 is 5.56 Å². The number of nitrogens with zero attached hydrogens (tertiary/aromatic N) is 4. The highest BCUT2D eigenvalue weighted by molar-refractivity contribution is 5.59. The Morgan fingerprint density at radius 3 is 2.54 bits per heavy atom. The molecule has 0 aliphatic heterocycles. The number of aromatic nitrogens is 4. The molecule has 4 rings (SSSR count). The zero-order valence-electron chi connectivity index (χ0n) is 15.8. The first-order chi connectivity index (χ1) is 13.6. The van der Waals surface area contributed by atoms with Gasteiger partial charge in [-0.25, -0.2) is 4.68 Å². The van der Waals surface area contributed by atoms with Crippen molar-refractivity contribution in [2.24, 2.45) is 0 Å². The summed E-state index contributed by atoms with van der Waals surface area (Å²) in [4.78, 5) is 16.7. The van der Waals surface area contributed by atoms with Crippen LogP contribution in [0.5, 0.6) is 0 Å². The summed E-state index contributed by atoms with van der Waals surface area (Å²) in [5, 5.41) is 8.51. The van der Waals surface area contributed by atoms with Crippen LogP contribution in [0.1, 0.15) is 23.9 Å². The number of benzene rings is 2. The molecule has 0 N–H and O–H groups in total. The molecule has 0 bridgehead atoms. The van der Waals surface area contributed by atoms with Crippen LogP contribution >= 0.6 is 0 Å². The molecule has 28 heavy (non-hydrogen) atoms. The smallest absolute Gasteiger partial charge is 0.267 e. The molecular formula is C22H20N4O2. The van der Waals surface area contributed by atoms with Gasteiger partial charge in [-0.15, -0.1) is 0 Å². The highest BCUT2D eigenvalue weighted by Crippen LogP contribution is 2.20. The van der Waals surface area contributed by atoms with Crippen molar-refractivity contribution in [1.82, 2.24) is 19.9 Å². The van der Waals surface area contributed by atoms with Crippen LogP contribution in [-0.2, 0) is 13.0 Å². The second kappa shape index (κ2) is 7.60. The standard InChI is InChI=1S/C22H20N4O2/c1-3-16-8-10-17(11-9-16)19-12-13-21(27)26(24-19)14-20-23-22(25-28-20)18-7-5-4-6-15(18)2/h4-13H,3,14H2,1-2H3. The highest BCUT2D eigenvalue weighted by atomic mass is 16.5. The molecule has 6 heteroatoms. The predicted molar refractivity (Wildman–Crippen MR) is 107 cm³/mol. The lowest BCUT2D eigenvalue weighted by molar-refractivity contribution is 0.363. The van der Waals surface area contributed by atoms with E-state index in [1.54, 1.807) is 6.07 Å². The van der Waals surface area contributed by atoms with E-state index in [1.807, 2.05) is 43.3 Å². The van der Waals surface area contributed by atoms with Crippen LogP contribution in [0.15, 0.2) is 70.0 Å². The van der Waals surface area contributed by atoms with Crippen molar-refractivity contribution in [1.29, 1.82) is 0 Å². The SMILES string of the molecule is CCc1ccc(-c2ccc(=O)n(Cc3nc(-c4ccccc4C)no3)n2)cc1. The molecule has 0 unspecified atom stereocenters. The molecule has 0 aliphatic carbocycles. The van der Waals surface area contributed by atoms with Crippen molar-refractivity contribution in [3.8, 4) is 22.6 Å². The maximum absolute atomic E-state index is 12.2. The van der Waals surface area contributed by atoms with Crippen molar-refractivity contribution in [3.05, 3.63) is 88.0 Å². The number of hydrogen-bond donors (Lipinski definition) is 0. The molecule has 0 saturated carbocycles. The van der Waals surface area contributed by atoms with Gasteiger partial charge in [0.1, 0.15) is 6.54 Å². The van der Waals surface area contributed by atoms with Crippen LogP contribution in [0.4, 0.5) is 0 Å². The maximum atomic E-state index is 12.2. The van der Waals surface area contributed by atoms with E-state index in [9.17, 15) is 4.79 Å². The number of rotatable bonds is 5. The largest absolute Gasteiger partial charge is 0.337 e. The normalized spacial score (nSPS) is 10.9. The highest BCUT2D eigenvalue weighted by Gasteiger charge is 2.12. The molecule has 2 aromatic heterocycles. The average molecular weight is 372 g/mol. The number of hydrogen-bond acceptors (Lipinski definition) is 5. The third-order valence-corrected chi connectivity index (χ3v) is 4.66. The first kappa shape index (κ1) is 17.9. The van der Waals surface area contributed by atoms with E-state index < -0.39 is 0 Å². The monoisotopic (exact) mass is 372 g/mol. The van der Waals surface area contributed by atoms with Gasteiger partial charge in [-0.1, -0.05) is 60.6 Å². The van der Waals surface area contributed by atoms with E-state index in [1.165, 1.54) is 16.3 Å². The van der Waals surface area contributed by atoms with Crippen LogP contribution in [-0.4, -0.2) is 19.9 Å². The molecular weight excluding hydrogens is 352 g/mol. The molecule has 0 amide bonds. The van der Waals surface area contributed by atoms with Gasteiger partial charge in [-0.2, -0.15) is 10.1 Å². The summed E-state index contributed by atoms with van der Waals surface area (Å²) in [7, 11) is 0. The fourth-order valence-corrected chi connectivity index (χ4v) is 3.01. The minimum atomic E-state index is -0.218. The predicted octanol–water partition coefficient (Wildman–Crippen LogP) is 3.88. The summed E-state index contributed by atoms with van der Waals surface area (Å²) in [5.74, 6) is 0.846. The van der Waals surface area contributed by atoms with Crippen molar-refractivity contribution in [2.75, 3.05) is 0 Å². The minimum absolute atomic E-state index is 0.124. The second-order valence-electron chi connectivity index (χ2n) is 6.59. The Morgan fingerprint density at radius 1 is 1.00 bits per heavy atom. The van der Waals surface area contributed by atoms with Gasteiger partial charge in [0.2, 0.25) is 11.7 Å². The molecule has 0 saturated heterocycles. The quantitative estimate of drug-likeness (QED) is 0.531. The fraction of sp³-hybridized carbons (Fsp3) is 0.182. The van der Waals surface area contributed by atoms with Crippen molar-refractivity contribution < 1.29 is 4.52 Å². The molecule has 2 heterocycles. The maximum Gasteiger partial charge on any atom is 0.267 e. The van der Waals surface area contributed by atoms with Gasteiger partial charge in [-0.3, -0.25) is 4.79 Å². The molecule has 2 aromatic carbocycles. The fourth-order valence-electron chi connectivity index (χ4n) is 3.01. The summed E-state index contributed by atoms with van der Waals surface area (Å²) in [6, 6.07) is 19.2. The third-order valence-electron chi connectivity index (χ3n) is 4.66. The summed E-state index contributed by atoms with van der Waals surface area (Å²) in [6.45, 7) is 4.23. The van der Waals surface area contributed by atoms with Crippen molar-refractivity contribution in [2.45, 2.75) is 26.8 Å². The molecule has 0 spiro atoms. The number of aryl methyl sites for hydroxylation is 2. The first-order valence-corrected chi connectivity index (χ1v) is 9.20. The van der Waals surface area contributed by atoms with E-state index in [-0.39, 0.29) is 12.1 Å². The molecule has 0 fully saturated rings. The van der Waals surface area contributed by atoms with Gasteiger partial charge in [0.15, 0.2) is 0 Å². The van der Waals surface area contributed by atoms with Gasteiger partial charge in [-0.05, 0) is 30.5 Å². The second-order valence-corrected chi connectivity index (χ2v) is 6.59. The van der Waals surface area contributed by atoms with E-state index in [0.717, 1.165) is 28.8 Å². The third kappa shape index (κ3) is 3.62. The van der Waals surface area contributed by atoms with Gasteiger partial charge in [0.05, 0.1) is 5.69 Å². The van der Waals surface area contributed by atoms with E-state index >= 15 is 0 Å². The molecule has 4 aromatic rings. The Morgan fingerprint density at radius 2 is 1.79 bits per heavy atom. The Bertz CT molecular complexity index is 1160. The van der Waals surface area contributed by atoms with Gasteiger partial charge < -0.3 is 4.52 Å². The van der Waals surface area contributed by atoms with Crippen LogP contribution in [0.3, 0.4) is 0 Å². The van der Waals surface area contributed by atoms with E-state index in [0.29, 0.717) is 11.7 Å². The van der Waals surface area contributed by atoms with Gasteiger partial charge in [0, 0.05) is 17.2 Å². The summed E-state index contributed by atoms with van der Waals surface area (Å²) in [6.07, 6.45) is 0.980. The average Bonchev–Trinajstić information content (AvgIpc) is 3.18.